The Morgan fingerprint density at radius 3 is 2.07 bits per heavy atom. The second-order valence-electron chi connectivity index (χ2n) is 6.76. The van der Waals surface area contributed by atoms with E-state index in [-0.39, 0.29) is 30.5 Å². The first-order chi connectivity index (χ1) is 14.4. The number of carbonyl (C=O) groups is 2. The standard InChI is InChI=1S/C23H23N3O4/c1-15-14-16(2)25-23(24-15)30-20-10-6-18(7-11-20)26-22(28)13-12-21(27)17-4-8-19(29-3)9-5-17/h4-11,14H,12-13H2,1-3H3,(H,26,28). The summed E-state index contributed by atoms with van der Waals surface area (Å²) in [7, 11) is 1.57. The molecule has 0 aliphatic carbocycles. The third-order valence-electron chi connectivity index (χ3n) is 4.30. The molecule has 0 spiro atoms. The normalized spacial score (nSPS) is 10.4. The average molecular weight is 405 g/mol. The summed E-state index contributed by atoms with van der Waals surface area (Å²) in [5.41, 5.74) is 2.82. The van der Waals surface area contributed by atoms with Crippen molar-refractivity contribution in [3.63, 3.8) is 0 Å². The number of carbonyl (C=O) groups excluding carboxylic acids is 2. The van der Waals surface area contributed by atoms with Gasteiger partial charge < -0.3 is 14.8 Å². The number of nitrogens with zero attached hydrogens (tertiary/aromatic N) is 2. The number of hydrogen-bond donors (Lipinski definition) is 1. The van der Waals surface area contributed by atoms with Gasteiger partial charge in [0.15, 0.2) is 5.78 Å². The average Bonchev–Trinajstić information content (AvgIpc) is 2.73. The Kier molecular flexibility index (Phi) is 6.75. The number of amides is 1. The topological polar surface area (TPSA) is 90.4 Å². The van der Waals surface area contributed by atoms with Crippen LogP contribution < -0.4 is 14.8 Å². The number of benzene rings is 2. The Bertz CT molecular complexity index is 1010. The summed E-state index contributed by atoms with van der Waals surface area (Å²) < 4.78 is 10.7. The summed E-state index contributed by atoms with van der Waals surface area (Å²) >= 11 is 0. The Morgan fingerprint density at radius 2 is 1.47 bits per heavy atom. The maximum atomic E-state index is 12.2. The van der Waals surface area contributed by atoms with E-state index in [2.05, 4.69) is 15.3 Å². The lowest BCUT2D eigenvalue weighted by molar-refractivity contribution is -0.116. The van der Waals surface area contributed by atoms with E-state index in [0.29, 0.717) is 22.7 Å². The van der Waals surface area contributed by atoms with Crippen LogP contribution in [-0.4, -0.2) is 28.8 Å². The Hall–Kier alpha value is -3.74. The largest absolute Gasteiger partial charge is 0.497 e. The smallest absolute Gasteiger partial charge is 0.322 e. The maximum absolute atomic E-state index is 12.2. The summed E-state index contributed by atoms with van der Waals surface area (Å²) in [6.07, 6.45) is 0.225. The van der Waals surface area contributed by atoms with Gasteiger partial charge in [-0.2, -0.15) is 0 Å². The molecule has 30 heavy (non-hydrogen) atoms. The molecular formula is C23H23N3O4. The van der Waals surface area contributed by atoms with Gasteiger partial charge in [-0.1, -0.05) is 0 Å². The molecular weight excluding hydrogens is 382 g/mol. The van der Waals surface area contributed by atoms with Gasteiger partial charge in [-0.3, -0.25) is 9.59 Å². The van der Waals surface area contributed by atoms with Crippen LogP contribution in [0.15, 0.2) is 54.6 Å². The zero-order chi connectivity index (χ0) is 21.5. The number of Topliss-reactive ketones (excluding diaryl/α,β-unsaturated/α-hetero) is 1. The first-order valence-electron chi connectivity index (χ1n) is 9.50. The van der Waals surface area contributed by atoms with Crippen molar-refractivity contribution < 1.29 is 19.1 Å². The van der Waals surface area contributed by atoms with Crippen LogP contribution in [0.4, 0.5) is 5.69 Å². The summed E-state index contributed by atoms with van der Waals surface area (Å²) in [6.45, 7) is 3.75. The van der Waals surface area contributed by atoms with Crippen molar-refractivity contribution in [3.8, 4) is 17.5 Å². The minimum Gasteiger partial charge on any atom is -0.497 e. The van der Waals surface area contributed by atoms with E-state index < -0.39 is 0 Å². The predicted octanol–water partition coefficient (Wildman–Crippen LogP) is 4.50. The molecule has 3 rings (SSSR count). The van der Waals surface area contributed by atoms with Gasteiger partial charge in [0.05, 0.1) is 7.11 Å². The number of aryl methyl sites for hydroxylation is 2. The number of hydrogen-bond acceptors (Lipinski definition) is 6. The molecule has 0 fully saturated rings. The number of anilines is 1. The van der Waals surface area contributed by atoms with Crippen molar-refractivity contribution >= 4 is 17.4 Å². The highest BCUT2D eigenvalue weighted by molar-refractivity contribution is 6.00. The van der Waals surface area contributed by atoms with Gasteiger partial charge in [0.1, 0.15) is 11.5 Å². The Labute approximate surface area is 175 Å². The van der Waals surface area contributed by atoms with E-state index in [1.807, 2.05) is 19.9 Å². The predicted molar refractivity (Wildman–Crippen MR) is 113 cm³/mol. The molecule has 1 amide bonds. The van der Waals surface area contributed by atoms with Crippen molar-refractivity contribution in [3.05, 3.63) is 71.5 Å². The molecule has 3 aromatic rings. The van der Waals surface area contributed by atoms with Gasteiger partial charge in [0.2, 0.25) is 5.91 Å². The van der Waals surface area contributed by atoms with E-state index in [9.17, 15) is 9.59 Å². The zero-order valence-corrected chi connectivity index (χ0v) is 17.1. The van der Waals surface area contributed by atoms with Crippen LogP contribution in [0.25, 0.3) is 0 Å². The third kappa shape index (κ3) is 5.88. The molecule has 0 saturated carbocycles. The monoisotopic (exact) mass is 405 g/mol. The third-order valence-corrected chi connectivity index (χ3v) is 4.30. The minimum atomic E-state index is -0.233. The molecule has 0 saturated heterocycles. The van der Waals surface area contributed by atoms with Crippen molar-refractivity contribution in [2.75, 3.05) is 12.4 Å². The molecule has 0 atom stereocenters. The van der Waals surface area contributed by atoms with Gasteiger partial charge >= 0.3 is 6.01 Å². The highest BCUT2D eigenvalue weighted by Gasteiger charge is 2.10. The molecule has 154 valence electrons. The van der Waals surface area contributed by atoms with E-state index >= 15 is 0 Å². The van der Waals surface area contributed by atoms with Gasteiger partial charge in [0.25, 0.3) is 0 Å². The molecule has 0 aliphatic heterocycles. The van der Waals surface area contributed by atoms with E-state index in [4.69, 9.17) is 9.47 Å². The number of rotatable bonds is 8. The van der Waals surface area contributed by atoms with Crippen LogP contribution in [0, 0.1) is 13.8 Å². The summed E-state index contributed by atoms with van der Waals surface area (Å²) in [5, 5.41) is 2.78. The second kappa shape index (κ2) is 9.65. The number of ketones is 1. The quantitative estimate of drug-likeness (QED) is 0.555. The van der Waals surface area contributed by atoms with Crippen LogP contribution >= 0.6 is 0 Å². The fraction of sp³-hybridized carbons (Fsp3) is 0.217. The molecule has 7 heteroatoms. The fourth-order valence-corrected chi connectivity index (χ4v) is 2.82. The molecule has 0 unspecified atom stereocenters. The van der Waals surface area contributed by atoms with Gasteiger partial charge in [0, 0.05) is 35.5 Å². The highest BCUT2D eigenvalue weighted by Crippen LogP contribution is 2.21. The van der Waals surface area contributed by atoms with Gasteiger partial charge in [-0.25, -0.2) is 9.97 Å². The molecule has 1 heterocycles. The van der Waals surface area contributed by atoms with Crippen LogP contribution in [0.2, 0.25) is 0 Å². The van der Waals surface area contributed by atoms with Crippen LogP contribution in [0.5, 0.6) is 17.5 Å². The molecule has 1 N–H and O–H groups in total. The fourth-order valence-electron chi connectivity index (χ4n) is 2.82. The van der Waals surface area contributed by atoms with Crippen molar-refractivity contribution in [1.82, 2.24) is 9.97 Å². The van der Waals surface area contributed by atoms with E-state index in [0.717, 1.165) is 11.4 Å². The number of nitrogens with one attached hydrogen (secondary N) is 1. The molecule has 0 radical (unpaired) electrons. The Morgan fingerprint density at radius 1 is 0.867 bits per heavy atom. The summed E-state index contributed by atoms with van der Waals surface area (Å²) in [4.78, 5) is 32.9. The summed E-state index contributed by atoms with van der Waals surface area (Å²) in [5.74, 6) is 0.918. The zero-order valence-electron chi connectivity index (χ0n) is 17.1. The molecule has 2 aromatic carbocycles. The maximum Gasteiger partial charge on any atom is 0.322 e. The van der Waals surface area contributed by atoms with Crippen molar-refractivity contribution in [1.29, 1.82) is 0 Å². The van der Waals surface area contributed by atoms with E-state index in [1.165, 1.54) is 0 Å². The van der Waals surface area contributed by atoms with Crippen LogP contribution in [0.1, 0.15) is 34.6 Å². The first-order valence-corrected chi connectivity index (χ1v) is 9.50. The lowest BCUT2D eigenvalue weighted by atomic mass is 10.1. The summed E-state index contributed by atoms with van der Waals surface area (Å²) in [6, 6.07) is 15.9. The van der Waals surface area contributed by atoms with Crippen LogP contribution in [0.3, 0.4) is 0 Å². The lowest BCUT2D eigenvalue weighted by Crippen LogP contribution is -2.13. The van der Waals surface area contributed by atoms with E-state index in [1.54, 1.807) is 55.6 Å². The van der Waals surface area contributed by atoms with Gasteiger partial charge in [-0.05, 0) is 68.4 Å². The Balaban J connectivity index is 1.50. The number of methoxy groups -OCH3 is 1. The first kappa shape index (κ1) is 21.0. The minimum absolute atomic E-state index is 0.0926. The molecule has 1 aromatic heterocycles. The SMILES string of the molecule is COc1ccc(C(=O)CCC(=O)Nc2ccc(Oc3nc(C)cc(C)n3)cc2)cc1. The van der Waals surface area contributed by atoms with Crippen molar-refractivity contribution in [2.45, 2.75) is 26.7 Å². The van der Waals surface area contributed by atoms with Crippen molar-refractivity contribution in [2.24, 2.45) is 0 Å². The molecule has 0 bridgehead atoms. The van der Waals surface area contributed by atoms with Gasteiger partial charge in [-0.15, -0.1) is 0 Å². The molecule has 7 nitrogen and oxygen atoms in total. The second-order valence-corrected chi connectivity index (χ2v) is 6.76. The molecule has 0 aliphatic rings. The van der Waals surface area contributed by atoms with Crippen LogP contribution in [-0.2, 0) is 4.79 Å². The lowest BCUT2D eigenvalue weighted by Gasteiger charge is -2.08. The number of aromatic nitrogens is 2. The number of ether oxygens (including phenoxy) is 2. The highest BCUT2D eigenvalue weighted by atomic mass is 16.5.